The van der Waals surface area contributed by atoms with Crippen molar-refractivity contribution in [2.45, 2.75) is 71.6 Å². The van der Waals surface area contributed by atoms with Gasteiger partial charge in [-0.1, -0.05) is 51.1 Å². The maximum absolute atomic E-state index is 8.28. The minimum absolute atomic E-state index is 0.983. The first-order valence-corrected chi connectivity index (χ1v) is 6.04. The van der Waals surface area contributed by atoms with Gasteiger partial charge in [0.25, 0.3) is 0 Å². The van der Waals surface area contributed by atoms with E-state index in [0.29, 0.717) is 0 Å². The van der Waals surface area contributed by atoms with Crippen LogP contribution in [0.15, 0.2) is 5.16 Å². The third-order valence-corrected chi connectivity index (χ3v) is 2.53. The van der Waals surface area contributed by atoms with Crippen LogP contribution in [0.1, 0.15) is 71.6 Å². The lowest BCUT2D eigenvalue weighted by Gasteiger charge is -2.08. The third kappa shape index (κ3) is 8.09. The Labute approximate surface area is 88.4 Å². The van der Waals surface area contributed by atoms with Gasteiger partial charge < -0.3 is 5.21 Å². The molecule has 1 rings (SSSR count). The van der Waals surface area contributed by atoms with E-state index >= 15 is 0 Å². The second-order valence-electron chi connectivity index (χ2n) is 3.93. The summed E-state index contributed by atoms with van der Waals surface area (Å²) in [6, 6.07) is 0. The van der Waals surface area contributed by atoms with Crippen LogP contribution in [0, 0.1) is 0 Å². The predicted molar refractivity (Wildman–Crippen MR) is 62.1 cm³/mol. The van der Waals surface area contributed by atoms with Crippen molar-refractivity contribution in [3.05, 3.63) is 0 Å². The highest BCUT2D eigenvalue weighted by molar-refractivity contribution is 5.84. The fraction of sp³-hybridized carbons (Fsp3) is 0.917. The minimum atomic E-state index is 0.983. The van der Waals surface area contributed by atoms with Gasteiger partial charge in [0.2, 0.25) is 0 Å². The van der Waals surface area contributed by atoms with Crippen LogP contribution in [-0.2, 0) is 0 Å². The Morgan fingerprint density at radius 3 is 1.79 bits per heavy atom. The summed E-state index contributed by atoms with van der Waals surface area (Å²) < 4.78 is 0. The van der Waals surface area contributed by atoms with E-state index in [1.54, 1.807) is 0 Å². The van der Waals surface area contributed by atoms with Crippen LogP contribution in [0.25, 0.3) is 0 Å². The Kier molecular flexibility index (Phi) is 10.2. The Hall–Kier alpha value is -0.530. The summed E-state index contributed by atoms with van der Waals surface area (Å²) in [5.41, 5.74) is 0.983. The van der Waals surface area contributed by atoms with Crippen LogP contribution in [0.5, 0.6) is 0 Å². The van der Waals surface area contributed by atoms with Gasteiger partial charge in [0.1, 0.15) is 0 Å². The summed E-state index contributed by atoms with van der Waals surface area (Å²) in [5, 5.41) is 11.4. The second kappa shape index (κ2) is 10.6. The molecule has 0 spiro atoms. The molecule has 0 amide bonds. The highest BCUT2D eigenvalue weighted by Crippen LogP contribution is 2.13. The molecule has 0 aliphatic heterocycles. The van der Waals surface area contributed by atoms with E-state index in [1.165, 1.54) is 44.9 Å². The van der Waals surface area contributed by atoms with E-state index in [-0.39, 0.29) is 0 Å². The number of nitrogens with zero attached hydrogens (tertiary/aromatic N) is 1. The number of oxime groups is 1. The summed E-state index contributed by atoms with van der Waals surface area (Å²) >= 11 is 0. The number of unbranched alkanes of at least 4 members (excludes halogenated alkanes) is 3. The molecular weight excluding hydrogens is 174 g/mol. The molecule has 0 aromatic rings. The first kappa shape index (κ1) is 13.5. The lowest BCUT2D eigenvalue weighted by atomic mass is 9.99. The topological polar surface area (TPSA) is 32.6 Å². The molecule has 0 saturated heterocycles. The smallest absolute Gasteiger partial charge is 0.0570 e. The van der Waals surface area contributed by atoms with E-state index in [1.807, 2.05) is 0 Å². The Morgan fingerprint density at radius 1 is 1.00 bits per heavy atom. The molecule has 1 N–H and O–H groups in total. The average molecular weight is 199 g/mol. The second-order valence-corrected chi connectivity index (χ2v) is 3.93. The van der Waals surface area contributed by atoms with Gasteiger partial charge in [-0.25, -0.2) is 0 Å². The number of rotatable bonds is 3. The van der Waals surface area contributed by atoms with Gasteiger partial charge in [0, 0.05) is 0 Å². The Bertz CT molecular complexity index is 131. The predicted octanol–water partition coefficient (Wildman–Crippen LogP) is 4.37. The lowest BCUT2D eigenvalue weighted by Crippen LogP contribution is -2.03. The van der Waals surface area contributed by atoms with Crippen LogP contribution in [0.4, 0.5) is 0 Å². The first-order valence-electron chi connectivity index (χ1n) is 6.04. The normalized spacial score (nSPS) is 15.7. The van der Waals surface area contributed by atoms with Crippen LogP contribution >= 0.6 is 0 Å². The molecule has 0 heterocycles. The van der Waals surface area contributed by atoms with Crippen molar-refractivity contribution >= 4 is 5.71 Å². The van der Waals surface area contributed by atoms with Crippen molar-refractivity contribution in [3.8, 4) is 0 Å². The Balaban J connectivity index is 0.000000255. The molecule has 0 radical (unpaired) electrons. The number of hydrogen-bond acceptors (Lipinski definition) is 2. The molecule has 2 nitrogen and oxygen atoms in total. The average Bonchev–Trinajstić information content (AvgIpc) is 2.28. The molecule has 1 saturated carbocycles. The molecule has 1 fully saturated rings. The summed E-state index contributed by atoms with van der Waals surface area (Å²) in [5.74, 6) is 0. The van der Waals surface area contributed by atoms with Crippen LogP contribution in [0.2, 0.25) is 0 Å². The molecule has 1 aliphatic carbocycles. The highest BCUT2D eigenvalue weighted by atomic mass is 16.4. The summed E-state index contributed by atoms with van der Waals surface area (Å²) in [6.45, 7) is 4.46. The van der Waals surface area contributed by atoms with Crippen LogP contribution in [-0.4, -0.2) is 10.9 Å². The van der Waals surface area contributed by atoms with E-state index in [4.69, 9.17) is 5.21 Å². The maximum Gasteiger partial charge on any atom is 0.0570 e. The van der Waals surface area contributed by atoms with Gasteiger partial charge in [0.15, 0.2) is 0 Å². The van der Waals surface area contributed by atoms with Crippen molar-refractivity contribution in [1.82, 2.24) is 0 Å². The van der Waals surface area contributed by atoms with Gasteiger partial charge in [-0.05, 0) is 25.7 Å². The molecule has 0 atom stereocenters. The fourth-order valence-corrected chi connectivity index (χ4v) is 1.56. The molecule has 0 bridgehead atoms. The van der Waals surface area contributed by atoms with Crippen LogP contribution < -0.4 is 0 Å². The largest absolute Gasteiger partial charge is 0.411 e. The molecular formula is C12H25NO. The summed E-state index contributed by atoms with van der Waals surface area (Å²) in [7, 11) is 0. The van der Waals surface area contributed by atoms with Crippen molar-refractivity contribution in [3.63, 3.8) is 0 Å². The standard InChI is InChI=1S/C6H11NO.C6H14/c8-7-6-4-2-1-3-5-6;1-3-5-6-4-2/h8H,1-5H2;3-6H2,1-2H3. The SMILES string of the molecule is CCCCCC.ON=C1CCCCC1. The Morgan fingerprint density at radius 2 is 1.50 bits per heavy atom. The lowest BCUT2D eigenvalue weighted by molar-refractivity contribution is 0.314. The third-order valence-electron chi connectivity index (χ3n) is 2.53. The molecule has 14 heavy (non-hydrogen) atoms. The molecule has 1 aliphatic rings. The van der Waals surface area contributed by atoms with E-state index < -0.39 is 0 Å². The molecule has 0 aromatic heterocycles. The summed E-state index contributed by atoms with van der Waals surface area (Å²) in [6.07, 6.45) is 11.3. The number of hydrogen-bond donors (Lipinski definition) is 1. The van der Waals surface area contributed by atoms with Gasteiger partial charge >= 0.3 is 0 Å². The van der Waals surface area contributed by atoms with Crippen LogP contribution in [0.3, 0.4) is 0 Å². The molecule has 84 valence electrons. The highest BCUT2D eigenvalue weighted by Gasteiger charge is 2.05. The monoisotopic (exact) mass is 199 g/mol. The van der Waals surface area contributed by atoms with E-state index in [9.17, 15) is 0 Å². The van der Waals surface area contributed by atoms with Gasteiger partial charge in [0.05, 0.1) is 5.71 Å². The first-order chi connectivity index (χ1) is 6.85. The minimum Gasteiger partial charge on any atom is -0.411 e. The molecule has 2 heteroatoms. The van der Waals surface area contributed by atoms with E-state index in [0.717, 1.165) is 18.6 Å². The van der Waals surface area contributed by atoms with Crippen molar-refractivity contribution in [2.24, 2.45) is 5.16 Å². The van der Waals surface area contributed by atoms with Crippen molar-refractivity contribution in [2.75, 3.05) is 0 Å². The van der Waals surface area contributed by atoms with Crippen molar-refractivity contribution in [1.29, 1.82) is 0 Å². The molecule has 0 unspecified atom stereocenters. The zero-order valence-electron chi connectivity index (χ0n) is 9.76. The van der Waals surface area contributed by atoms with E-state index in [2.05, 4.69) is 19.0 Å². The zero-order chi connectivity index (χ0) is 10.6. The molecule has 0 aromatic carbocycles. The van der Waals surface area contributed by atoms with Gasteiger partial charge in [-0.15, -0.1) is 0 Å². The fourth-order valence-electron chi connectivity index (χ4n) is 1.56. The summed E-state index contributed by atoms with van der Waals surface area (Å²) in [4.78, 5) is 0. The maximum atomic E-state index is 8.28. The van der Waals surface area contributed by atoms with Crippen molar-refractivity contribution < 1.29 is 5.21 Å². The zero-order valence-corrected chi connectivity index (χ0v) is 9.76. The van der Waals surface area contributed by atoms with Gasteiger partial charge in [-0.2, -0.15) is 0 Å². The quantitative estimate of drug-likeness (QED) is 0.408. The van der Waals surface area contributed by atoms with Gasteiger partial charge in [-0.3, -0.25) is 0 Å².